The Labute approximate surface area is 123 Å². The van der Waals surface area contributed by atoms with E-state index in [0.29, 0.717) is 24.3 Å². The lowest BCUT2D eigenvalue weighted by atomic mass is 10.0. The van der Waals surface area contributed by atoms with Crippen molar-refractivity contribution < 1.29 is 19.4 Å². The molecule has 0 radical (unpaired) electrons. The summed E-state index contributed by atoms with van der Waals surface area (Å²) in [5.41, 5.74) is 0.713. The zero-order valence-electron chi connectivity index (χ0n) is 11.8. The summed E-state index contributed by atoms with van der Waals surface area (Å²) in [6.45, 7) is 2.30. The van der Waals surface area contributed by atoms with Gasteiger partial charge >= 0.3 is 0 Å². The van der Waals surface area contributed by atoms with Gasteiger partial charge in [0, 0.05) is 19.0 Å². The lowest BCUT2D eigenvalue weighted by molar-refractivity contribution is 0.0946. The van der Waals surface area contributed by atoms with E-state index in [1.54, 1.807) is 24.3 Å². The number of carbonyl (C=O) groups excluding carboxylic acids is 1. The Kier molecular flexibility index (Phi) is 5.14. The van der Waals surface area contributed by atoms with Gasteiger partial charge in [0.2, 0.25) is 0 Å². The van der Waals surface area contributed by atoms with Crippen molar-refractivity contribution in [2.45, 2.75) is 25.5 Å². The Morgan fingerprint density at radius 2 is 2.00 bits per heavy atom. The van der Waals surface area contributed by atoms with Gasteiger partial charge in [0.05, 0.1) is 12.4 Å². The second-order valence-electron chi connectivity index (χ2n) is 4.93. The predicted octanol–water partition coefficient (Wildman–Crippen LogP) is 2.27. The van der Waals surface area contributed by atoms with E-state index in [1.165, 1.54) is 18.4 Å². The van der Waals surface area contributed by atoms with E-state index in [-0.39, 0.29) is 17.6 Å². The van der Waals surface area contributed by atoms with Gasteiger partial charge < -0.3 is 19.9 Å². The maximum atomic E-state index is 11.7. The molecule has 2 atom stereocenters. The molecular weight excluding hydrogens is 270 g/mol. The molecule has 0 aliphatic carbocycles. The van der Waals surface area contributed by atoms with Crippen molar-refractivity contribution in [3.8, 4) is 5.75 Å². The molecular formula is C16H19NO4. The summed E-state index contributed by atoms with van der Waals surface area (Å²) >= 11 is 0. The zero-order valence-corrected chi connectivity index (χ0v) is 11.8. The van der Waals surface area contributed by atoms with Gasteiger partial charge in [0.25, 0.3) is 0 Å². The molecule has 1 aromatic carbocycles. The fourth-order valence-electron chi connectivity index (χ4n) is 2.05. The first-order valence-corrected chi connectivity index (χ1v) is 6.85. The molecule has 3 N–H and O–H groups in total. The molecule has 0 fully saturated rings. The molecule has 1 aromatic heterocycles. The molecule has 0 amide bonds. The van der Waals surface area contributed by atoms with Gasteiger partial charge in [-0.2, -0.15) is 0 Å². The largest absolute Gasteiger partial charge is 0.508 e. The number of ketones is 1. The number of aliphatic hydroxyl groups is 1. The fraction of sp³-hybridized carbons (Fsp3) is 0.312. The van der Waals surface area contributed by atoms with Crippen LogP contribution >= 0.6 is 0 Å². The molecule has 2 unspecified atom stereocenters. The van der Waals surface area contributed by atoms with E-state index in [0.717, 1.165) is 0 Å². The van der Waals surface area contributed by atoms with Crippen LogP contribution < -0.4 is 5.32 Å². The second-order valence-corrected chi connectivity index (χ2v) is 4.93. The number of benzene rings is 1. The summed E-state index contributed by atoms with van der Waals surface area (Å²) in [4.78, 5) is 11.7. The van der Waals surface area contributed by atoms with Gasteiger partial charge in [0.1, 0.15) is 5.75 Å². The van der Waals surface area contributed by atoms with Crippen molar-refractivity contribution in [2.75, 3.05) is 6.54 Å². The van der Waals surface area contributed by atoms with Crippen LogP contribution in [0.15, 0.2) is 47.1 Å². The molecule has 0 saturated carbocycles. The molecule has 0 bridgehead atoms. The predicted molar refractivity (Wildman–Crippen MR) is 78.2 cm³/mol. The van der Waals surface area contributed by atoms with Gasteiger partial charge in [-0.05, 0) is 36.8 Å². The van der Waals surface area contributed by atoms with Gasteiger partial charge in [-0.3, -0.25) is 4.79 Å². The number of nitrogens with one attached hydrogen (secondary N) is 1. The second kappa shape index (κ2) is 7.06. The fourth-order valence-corrected chi connectivity index (χ4v) is 2.05. The van der Waals surface area contributed by atoms with E-state index >= 15 is 0 Å². The molecule has 5 heteroatoms. The number of Topliss-reactive ketones (excluding diaryl/α,β-unsaturated/α-hetero) is 1. The number of aliphatic hydroxyl groups excluding tert-OH is 1. The van der Waals surface area contributed by atoms with Crippen LogP contribution in [-0.4, -0.2) is 28.6 Å². The molecule has 2 aromatic rings. The molecule has 21 heavy (non-hydrogen) atoms. The van der Waals surface area contributed by atoms with Crippen molar-refractivity contribution in [3.63, 3.8) is 0 Å². The third-order valence-corrected chi connectivity index (χ3v) is 3.32. The van der Waals surface area contributed by atoms with Crippen molar-refractivity contribution in [3.05, 3.63) is 54.0 Å². The van der Waals surface area contributed by atoms with Crippen molar-refractivity contribution in [1.29, 1.82) is 0 Å². The summed E-state index contributed by atoms with van der Waals surface area (Å²) in [7, 11) is 0. The Bertz CT molecular complexity index is 562. The van der Waals surface area contributed by atoms with Crippen LogP contribution in [0, 0.1) is 0 Å². The van der Waals surface area contributed by atoms with Gasteiger partial charge in [0.15, 0.2) is 11.5 Å². The normalized spacial score (nSPS) is 13.8. The highest BCUT2D eigenvalue weighted by Crippen LogP contribution is 2.19. The maximum Gasteiger partial charge on any atom is 0.199 e. The smallest absolute Gasteiger partial charge is 0.199 e. The highest BCUT2D eigenvalue weighted by molar-refractivity contribution is 5.93. The Morgan fingerprint density at radius 3 is 2.62 bits per heavy atom. The highest BCUT2D eigenvalue weighted by Gasteiger charge is 2.16. The minimum absolute atomic E-state index is 0.0705. The van der Waals surface area contributed by atoms with E-state index in [9.17, 15) is 15.0 Å². The third-order valence-electron chi connectivity index (χ3n) is 3.32. The summed E-state index contributed by atoms with van der Waals surface area (Å²) < 4.78 is 5.03. The quantitative estimate of drug-likeness (QED) is 0.681. The number of phenolic OH excluding ortho intramolecular Hbond substituents is 1. The van der Waals surface area contributed by atoms with Gasteiger partial charge in [-0.15, -0.1) is 0 Å². The molecule has 112 valence electrons. The summed E-state index contributed by atoms with van der Waals surface area (Å²) in [5.74, 6) is 0.443. The van der Waals surface area contributed by atoms with Crippen LogP contribution in [-0.2, 0) is 0 Å². The van der Waals surface area contributed by atoms with Crippen molar-refractivity contribution >= 4 is 5.78 Å². The van der Waals surface area contributed by atoms with Gasteiger partial charge in [-0.25, -0.2) is 0 Å². The van der Waals surface area contributed by atoms with Crippen LogP contribution in [0.4, 0.5) is 0 Å². The molecule has 0 spiro atoms. The lowest BCUT2D eigenvalue weighted by Gasteiger charge is -2.20. The van der Waals surface area contributed by atoms with Crippen LogP contribution in [0.1, 0.15) is 35.6 Å². The van der Waals surface area contributed by atoms with E-state index in [1.807, 2.05) is 6.92 Å². The molecule has 1 heterocycles. The first-order valence-electron chi connectivity index (χ1n) is 6.85. The van der Waals surface area contributed by atoms with Crippen LogP contribution in [0.2, 0.25) is 0 Å². The maximum absolute atomic E-state index is 11.7. The average Bonchev–Trinajstić information content (AvgIpc) is 3.01. The number of aromatic hydroxyl groups is 1. The summed E-state index contributed by atoms with van der Waals surface area (Å²) in [5, 5.41) is 22.5. The van der Waals surface area contributed by atoms with Crippen molar-refractivity contribution in [1.82, 2.24) is 5.32 Å². The Hall–Kier alpha value is -2.11. The lowest BCUT2D eigenvalue weighted by Crippen LogP contribution is -2.33. The number of rotatable bonds is 7. The summed E-state index contributed by atoms with van der Waals surface area (Å²) in [6.07, 6.45) is 1.07. The Morgan fingerprint density at radius 1 is 1.29 bits per heavy atom. The monoisotopic (exact) mass is 289 g/mol. The number of hydrogen-bond acceptors (Lipinski definition) is 5. The van der Waals surface area contributed by atoms with E-state index in [4.69, 9.17) is 4.42 Å². The SMILES string of the molecule is CC(NCCC(=O)c1ccco1)C(O)c1ccc(O)cc1. The first-order chi connectivity index (χ1) is 10.1. The minimum Gasteiger partial charge on any atom is -0.508 e. The van der Waals surface area contributed by atoms with Crippen LogP contribution in [0.25, 0.3) is 0 Å². The van der Waals surface area contributed by atoms with Crippen molar-refractivity contribution in [2.24, 2.45) is 0 Å². The molecule has 0 saturated heterocycles. The molecule has 0 aliphatic rings. The molecule has 5 nitrogen and oxygen atoms in total. The van der Waals surface area contributed by atoms with E-state index < -0.39 is 6.10 Å². The standard InChI is InChI=1S/C16H19NO4/c1-11(16(20)12-4-6-13(18)7-5-12)17-9-8-14(19)15-3-2-10-21-15/h2-7,10-11,16-18,20H,8-9H2,1H3. The number of furan rings is 1. The van der Waals surface area contributed by atoms with Crippen LogP contribution in [0.3, 0.4) is 0 Å². The van der Waals surface area contributed by atoms with Gasteiger partial charge in [-0.1, -0.05) is 12.1 Å². The summed E-state index contributed by atoms with van der Waals surface area (Å²) in [6, 6.07) is 9.52. The molecule has 2 rings (SSSR count). The Balaban J connectivity index is 1.80. The zero-order chi connectivity index (χ0) is 15.2. The molecule has 0 aliphatic heterocycles. The number of phenols is 1. The minimum atomic E-state index is -0.704. The number of carbonyl (C=O) groups is 1. The topological polar surface area (TPSA) is 82.7 Å². The first kappa shape index (κ1) is 15.3. The third kappa shape index (κ3) is 4.18. The average molecular weight is 289 g/mol. The van der Waals surface area contributed by atoms with E-state index in [2.05, 4.69) is 5.32 Å². The number of hydrogen-bond donors (Lipinski definition) is 3. The van der Waals surface area contributed by atoms with Crippen LogP contribution in [0.5, 0.6) is 5.75 Å². The highest BCUT2D eigenvalue weighted by atomic mass is 16.3.